The van der Waals surface area contributed by atoms with Gasteiger partial charge < -0.3 is 15.1 Å². The predicted octanol–water partition coefficient (Wildman–Crippen LogP) is 2.41. The number of aryl methyl sites for hydroxylation is 1. The van der Waals surface area contributed by atoms with Gasteiger partial charge in [0.25, 0.3) is 0 Å². The van der Waals surface area contributed by atoms with E-state index >= 15 is 0 Å². The molecule has 0 radical (unpaired) electrons. The van der Waals surface area contributed by atoms with Crippen molar-refractivity contribution in [3.05, 3.63) is 16.1 Å². The van der Waals surface area contributed by atoms with Crippen LogP contribution in [0.15, 0.2) is 10.4 Å². The van der Waals surface area contributed by atoms with Crippen LogP contribution >= 0.6 is 35.3 Å². The van der Waals surface area contributed by atoms with Gasteiger partial charge in [-0.3, -0.25) is 14.7 Å². The fraction of sp³-hybridized carbons (Fsp3) is 0.750. The van der Waals surface area contributed by atoms with Gasteiger partial charge in [-0.25, -0.2) is 4.98 Å². The van der Waals surface area contributed by atoms with Gasteiger partial charge in [-0.2, -0.15) is 0 Å². The molecule has 3 rings (SSSR count). The molecule has 1 amide bonds. The zero-order chi connectivity index (χ0) is 19.9. The van der Waals surface area contributed by atoms with Crippen LogP contribution in [-0.4, -0.2) is 84.4 Å². The Bertz CT molecular complexity index is 670. The third-order valence-electron chi connectivity index (χ3n) is 5.58. The molecule has 9 heteroatoms. The van der Waals surface area contributed by atoms with Crippen LogP contribution in [0.5, 0.6) is 0 Å². The Morgan fingerprint density at radius 3 is 2.62 bits per heavy atom. The minimum absolute atomic E-state index is 0. The lowest BCUT2D eigenvalue weighted by Gasteiger charge is -2.38. The summed E-state index contributed by atoms with van der Waals surface area (Å²) < 4.78 is 0. The number of amides is 1. The van der Waals surface area contributed by atoms with Gasteiger partial charge in [0.05, 0.1) is 23.8 Å². The second-order valence-electron chi connectivity index (χ2n) is 7.74. The fourth-order valence-corrected chi connectivity index (χ4v) is 4.27. The second-order valence-corrected chi connectivity index (χ2v) is 8.81. The van der Waals surface area contributed by atoms with Crippen molar-refractivity contribution in [3.8, 4) is 0 Å². The van der Waals surface area contributed by atoms with Crippen LogP contribution in [0.1, 0.15) is 36.9 Å². The van der Waals surface area contributed by atoms with E-state index in [-0.39, 0.29) is 24.0 Å². The third-order valence-corrected chi connectivity index (χ3v) is 6.40. The number of carbonyl (C=O) groups excluding carboxylic acids is 1. The molecule has 2 aliphatic rings. The van der Waals surface area contributed by atoms with Gasteiger partial charge in [-0.05, 0) is 26.7 Å². The minimum atomic E-state index is 0. The quantitative estimate of drug-likeness (QED) is 0.331. The van der Waals surface area contributed by atoms with E-state index < -0.39 is 0 Å². The fourth-order valence-electron chi connectivity index (χ4n) is 3.67. The Labute approximate surface area is 196 Å². The number of nitrogens with zero attached hydrogens (tertiary/aromatic N) is 5. The van der Waals surface area contributed by atoms with Gasteiger partial charge in [0.1, 0.15) is 0 Å². The van der Waals surface area contributed by atoms with Gasteiger partial charge >= 0.3 is 0 Å². The van der Waals surface area contributed by atoms with Crippen LogP contribution in [0.3, 0.4) is 0 Å². The maximum Gasteiger partial charge on any atom is 0.225 e. The Morgan fingerprint density at radius 2 is 2.07 bits per heavy atom. The highest BCUT2D eigenvalue weighted by Gasteiger charge is 2.30. The molecule has 0 aromatic carbocycles. The number of guanidine groups is 1. The number of halogens is 1. The van der Waals surface area contributed by atoms with Gasteiger partial charge in [-0.1, -0.05) is 6.42 Å². The molecule has 0 spiro atoms. The molecule has 1 aromatic heterocycles. The largest absolute Gasteiger partial charge is 0.357 e. The Morgan fingerprint density at radius 1 is 1.34 bits per heavy atom. The highest BCUT2D eigenvalue weighted by molar-refractivity contribution is 14.0. The number of carbonyl (C=O) groups is 1. The van der Waals surface area contributed by atoms with E-state index in [1.165, 1.54) is 6.42 Å². The molecular weight excluding hydrogens is 499 g/mol. The summed E-state index contributed by atoms with van der Waals surface area (Å²) in [6, 6.07) is 0. The van der Waals surface area contributed by atoms with Gasteiger partial charge in [0.15, 0.2) is 5.96 Å². The first-order valence-electron chi connectivity index (χ1n) is 10.5. The van der Waals surface area contributed by atoms with Crippen LogP contribution in [0.25, 0.3) is 0 Å². The minimum Gasteiger partial charge on any atom is -0.357 e. The average molecular weight is 535 g/mol. The molecule has 29 heavy (non-hydrogen) atoms. The van der Waals surface area contributed by atoms with Crippen molar-refractivity contribution in [2.45, 2.75) is 39.7 Å². The van der Waals surface area contributed by atoms with Crippen molar-refractivity contribution in [2.24, 2.45) is 10.9 Å². The number of hydrogen-bond donors (Lipinski definition) is 1. The van der Waals surface area contributed by atoms with E-state index in [0.717, 1.165) is 81.9 Å². The maximum atomic E-state index is 12.4. The molecule has 1 saturated carbocycles. The van der Waals surface area contributed by atoms with Crippen LogP contribution in [0.2, 0.25) is 0 Å². The summed E-state index contributed by atoms with van der Waals surface area (Å²) >= 11 is 1.68. The van der Waals surface area contributed by atoms with E-state index in [9.17, 15) is 4.79 Å². The smallest absolute Gasteiger partial charge is 0.225 e. The van der Waals surface area contributed by atoms with Crippen LogP contribution in [-0.2, 0) is 11.3 Å². The maximum absolute atomic E-state index is 12.4. The van der Waals surface area contributed by atoms with Gasteiger partial charge in [0.2, 0.25) is 5.91 Å². The highest BCUT2D eigenvalue weighted by Crippen LogP contribution is 2.28. The van der Waals surface area contributed by atoms with Crippen molar-refractivity contribution in [3.63, 3.8) is 0 Å². The molecule has 1 aliphatic carbocycles. The van der Waals surface area contributed by atoms with Gasteiger partial charge in [0, 0.05) is 57.6 Å². The number of nitrogens with one attached hydrogen (secondary N) is 1. The molecule has 1 aliphatic heterocycles. The zero-order valence-corrected chi connectivity index (χ0v) is 21.0. The summed E-state index contributed by atoms with van der Waals surface area (Å²) in [4.78, 5) is 28.3. The molecule has 7 nitrogen and oxygen atoms in total. The molecule has 164 valence electrons. The Balaban J connectivity index is 0.00000300. The molecule has 1 N–H and O–H groups in total. The molecule has 1 saturated heterocycles. The monoisotopic (exact) mass is 534 g/mol. The first kappa shape index (κ1) is 24.3. The van der Waals surface area contributed by atoms with Crippen LogP contribution in [0, 0.1) is 12.8 Å². The lowest BCUT2D eigenvalue weighted by molar-refractivity contribution is -0.139. The second kappa shape index (κ2) is 12.0. The lowest BCUT2D eigenvalue weighted by atomic mass is 9.84. The summed E-state index contributed by atoms with van der Waals surface area (Å²) in [6.45, 7) is 11.1. The van der Waals surface area contributed by atoms with E-state index in [1.807, 2.05) is 6.92 Å². The molecule has 0 bridgehead atoms. The highest BCUT2D eigenvalue weighted by atomic mass is 127. The lowest BCUT2D eigenvalue weighted by Crippen LogP contribution is -2.51. The van der Waals surface area contributed by atoms with Crippen LogP contribution < -0.4 is 5.32 Å². The number of hydrogen-bond acceptors (Lipinski definition) is 5. The van der Waals surface area contributed by atoms with E-state index in [2.05, 4.69) is 44.4 Å². The molecule has 0 atom stereocenters. The molecule has 0 unspecified atom stereocenters. The van der Waals surface area contributed by atoms with Crippen molar-refractivity contribution in [2.75, 3.05) is 52.9 Å². The number of thiazole rings is 1. The first-order valence-corrected chi connectivity index (χ1v) is 11.4. The van der Waals surface area contributed by atoms with E-state index in [0.29, 0.717) is 11.8 Å². The standard InChI is InChI=1S/C20H34N6OS.HI/c1-4-21-20(24(3)14-18-15-28-16(2)23-18)22-8-9-25-10-12-26(13-11-25)19(27)17-6-5-7-17;/h15,17H,4-14H2,1-3H3,(H,21,22);1H. The third kappa shape index (κ3) is 7.06. The Hall–Kier alpha value is -0.940. The number of aromatic nitrogens is 1. The molecule has 2 heterocycles. The summed E-state index contributed by atoms with van der Waals surface area (Å²) in [6.07, 6.45) is 3.41. The normalized spacial score (nSPS) is 18.2. The summed E-state index contributed by atoms with van der Waals surface area (Å²) in [7, 11) is 2.06. The summed E-state index contributed by atoms with van der Waals surface area (Å²) in [5.41, 5.74) is 1.09. The number of rotatable bonds is 7. The zero-order valence-electron chi connectivity index (χ0n) is 17.9. The number of piperazine rings is 1. The van der Waals surface area contributed by atoms with Crippen molar-refractivity contribution >= 4 is 47.2 Å². The van der Waals surface area contributed by atoms with Crippen LogP contribution in [0.4, 0.5) is 0 Å². The van der Waals surface area contributed by atoms with E-state index in [4.69, 9.17) is 4.99 Å². The first-order chi connectivity index (χ1) is 13.6. The molecular formula is C20H35IN6OS. The van der Waals surface area contributed by atoms with Crippen molar-refractivity contribution in [1.29, 1.82) is 0 Å². The molecule has 2 fully saturated rings. The van der Waals surface area contributed by atoms with Gasteiger partial charge in [-0.15, -0.1) is 35.3 Å². The number of aliphatic imine (C=N–C) groups is 1. The SMILES string of the molecule is CCNC(=NCCN1CCN(C(=O)C2CCC2)CC1)N(C)Cc1csc(C)n1.I. The molecule has 1 aromatic rings. The Kier molecular flexibility index (Phi) is 10.1. The predicted molar refractivity (Wildman–Crippen MR) is 130 cm³/mol. The topological polar surface area (TPSA) is 64.1 Å². The summed E-state index contributed by atoms with van der Waals surface area (Å²) in [5, 5.41) is 6.58. The van der Waals surface area contributed by atoms with Crippen molar-refractivity contribution in [1.82, 2.24) is 25.0 Å². The average Bonchev–Trinajstić information content (AvgIpc) is 3.04. The summed E-state index contributed by atoms with van der Waals surface area (Å²) in [5.74, 6) is 1.63. The van der Waals surface area contributed by atoms with Crippen molar-refractivity contribution < 1.29 is 4.79 Å². The van der Waals surface area contributed by atoms with E-state index in [1.54, 1.807) is 11.3 Å².